The van der Waals surface area contributed by atoms with Crippen LogP contribution in [0.5, 0.6) is 0 Å². The van der Waals surface area contributed by atoms with Crippen molar-refractivity contribution < 1.29 is 9.53 Å². The van der Waals surface area contributed by atoms with Crippen molar-refractivity contribution in [2.45, 2.75) is 24.9 Å². The number of carbonyl (C=O) groups excluding carboxylic acids is 1. The maximum atomic E-state index is 12.6. The number of benzene rings is 1. The largest absolute Gasteiger partial charge is 0.379 e. The molecule has 4 atom stereocenters. The molecule has 3 fully saturated rings. The minimum atomic E-state index is -0.252. The van der Waals surface area contributed by atoms with Crippen LogP contribution >= 0.6 is 0 Å². The zero-order valence-electron chi connectivity index (χ0n) is 17.5. The van der Waals surface area contributed by atoms with Crippen molar-refractivity contribution in [3.05, 3.63) is 48.3 Å². The van der Waals surface area contributed by atoms with Gasteiger partial charge in [0, 0.05) is 38.4 Å². The van der Waals surface area contributed by atoms with E-state index in [1.807, 2.05) is 35.3 Å². The molecule has 4 unspecified atom stereocenters. The molecule has 0 saturated carbocycles. The molecule has 1 amide bonds. The molecular weight excluding hydrogens is 396 g/mol. The van der Waals surface area contributed by atoms with Gasteiger partial charge in [0.1, 0.15) is 0 Å². The van der Waals surface area contributed by atoms with Crippen LogP contribution in [-0.2, 0) is 16.1 Å². The predicted octanol–water partition coefficient (Wildman–Crippen LogP) is -0.536. The molecule has 1 aromatic heterocycles. The fourth-order valence-electron chi connectivity index (χ4n) is 4.51. The van der Waals surface area contributed by atoms with Crippen LogP contribution in [-0.4, -0.2) is 72.2 Å². The molecule has 0 aliphatic carbocycles. The molecule has 0 bridgehead atoms. The number of morpholine rings is 1. The SMILES string of the molecule is O=C1NNCC2NC(c3ccccc3)NC(Nc3cnn(CCN4CCOCC4)c3)C12. The van der Waals surface area contributed by atoms with Gasteiger partial charge >= 0.3 is 0 Å². The monoisotopic (exact) mass is 426 g/mol. The van der Waals surface area contributed by atoms with Crippen molar-refractivity contribution in [3.8, 4) is 0 Å². The lowest BCUT2D eigenvalue weighted by Gasteiger charge is -2.45. The lowest BCUT2D eigenvalue weighted by Crippen LogP contribution is -2.71. The Hall–Kier alpha value is -2.50. The van der Waals surface area contributed by atoms with E-state index in [0.717, 1.165) is 50.6 Å². The van der Waals surface area contributed by atoms with E-state index in [-0.39, 0.29) is 30.2 Å². The van der Waals surface area contributed by atoms with E-state index in [2.05, 4.69) is 48.9 Å². The van der Waals surface area contributed by atoms with Gasteiger partial charge < -0.3 is 10.1 Å². The summed E-state index contributed by atoms with van der Waals surface area (Å²) < 4.78 is 7.36. The Bertz CT molecular complexity index is 869. The summed E-state index contributed by atoms with van der Waals surface area (Å²) in [6, 6.07) is 10.2. The van der Waals surface area contributed by atoms with Gasteiger partial charge in [-0.05, 0) is 5.56 Å². The highest BCUT2D eigenvalue weighted by Gasteiger charge is 2.44. The van der Waals surface area contributed by atoms with E-state index in [1.165, 1.54) is 0 Å². The highest BCUT2D eigenvalue weighted by molar-refractivity contribution is 5.81. The van der Waals surface area contributed by atoms with Crippen molar-refractivity contribution in [2.24, 2.45) is 5.92 Å². The number of hydrazine groups is 1. The number of hydrogen-bond donors (Lipinski definition) is 5. The second-order valence-corrected chi connectivity index (χ2v) is 8.25. The number of nitrogens with one attached hydrogen (secondary N) is 5. The molecule has 3 aliphatic heterocycles. The summed E-state index contributed by atoms with van der Waals surface area (Å²) in [6.07, 6.45) is 3.56. The number of carbonyl (C=O) groups is 1. The minimum absolute atomic E-state index is 0.00840. The molecule has 10 nitrogen and oxygen atoms in total. The van der Waals surface area contributed by atoms with Crippen LogP contribution in [0.4, 0.5) is 5.69 Å². The van der Waals surface area contributed by atoms with Crippen LogP contribution < -0.4 is 26.8 Å². The summed E-state index contributed by atoms with van der Waals surface area (Å²) in [6.45, 7) is 5.98. The number of aromatic nitrogens is 2. The highest BCUT2D eigenvalue weighted by atomic mass is 16.5. The molecule has 0 radical (unpaired) electrons. The fourth-order valence-corrected chi connectivity index (χ4v) is 4.51. The van der Waals surface area contributed by atoms with Crippen LogP contribution in [0.1, 0.15) is 11.7 Å². The normalized spacial score (nSPS) is 29.2. The van der Waals surface area contributed by atoms with Crippen LogP contribution in [0.3, 0.4) is 0 Å². The van der Waals surface area contributed by atoms with Gasteiger partial charge in [0.05, 0.1) is 49.9 Å². The smallest absolute Gasteiger partial charge is 0.242 e. The Balaban J connectivity index is 1.27. The molecule has 166 valence electrons. The van der Waals surface area contributed by atoms with Gasteiger partial charge in [-0.3, -0.25) is 30.4 Å². The van der Waals surface area contributed by atoms with Gasteiger partial charge in [-0.15, -0.1) is 0 Å². The Morgan fingerprint density at radius 2 is 1.97 bits per heavy atom. The number of rotatable bonds is 6. The third-order valence-electron chi connectivity index (χ3n) is 6.19. The summed E-state index contributed by atoms with van der Waals surface area (Å²) in [5.41, 5.74) is 7.80. The third kappa shape index (κ3) is 4.73. The molecule has 2 aromatic rings. The van der Waals surface area contributed by atoms with Crippen molar-refractivity contribution in [2.75, 3.05) is 44.7 Å². The quantitative estimate of drug-likeness (QED) is 0.420. The van der Waals surface area contributed by atoms with E-state index < -0.39 is 0 Å². The van der Waals surface area contributed by atoms with Gasteiger partial charge in [-0.1, -0.05) is 30.3 Å². The molecule has 0 spiro atoms. The van der Waals surface area contributed by atoms with Gasteiger partial charge in [-0.25, -0.2) is 5.43 Å². The van der Waals surface area contributed by atoms with Gasteiger partial charge in [-0.2, -0.15) is 5.10 Å². The molecule has 1 aromatic carbocycles. The zero-order chi connectivity index (χ0) is 21.0. The van der Waals surface area contributed by atoms with Crippen LogP contribution in [0.2, 0.25) is 0 Å². The molecule has 31 heavy (non-hydrogen) atoms. The number of amides is 1. The van der Waals surface area contributed by atoms with E-state index in [1.54, 1.807) is 0 Å². The number of fused-ring (bicyclic) bond motifs is 1. The Kier molecular flexibility index (Phi) is 6.14. The van der Waals surface area contributed by atoms with E-state index in [9.17, 15) is 4.79 Å². The van der Waals surface area contributed by atoms with E-state index >= 15 is 0 Å². The number of anilines is 1. The fraction of sp³-hybridized carbons (Fsp3) is 0.524. The molecule has 3 saturated heterocycles. The highest BCUT2D eigenvalue weighted by Crippen LogP contribution is 2.25. The third-order valence-corrected chi connectivity index (χ3v) is 6.19. The van der Waals surface area contributed by atoms with Crippen LogP contribution in [0.15, 0.2) is 42.7 Å². The first kappa shape index (κ1) is 20.4. The average molecular weight is 427 g/mol. The number of nitrogens with zero attached hydrogens (tertiary/aromatic N) is 3. The molecule has 3 aliphatic rings. The summed E-state index contributed by atoms with van der Waals surface area (Å²) in [4.78, 5) is 15.0. The average Bonchev–Trinajstić information content (AvgIpc) is 3.26. The first-order chi connectivity index (χ1) is 15.3. The molecule has 10 heteroatoms. The number of hydrogen-bond acceptors (Lipinski definition) is 8. The zero-order valence-corrected chi connectivity index (χ0v) is 17.5. The first-order valence-corrected chi connectivity index (χ1v) is 11.0. The Morgan fingerprint density at radius 3 is 2.81 bits per heavy atom. The van der Waals surface area contributed by atoms with E-state index in [0.29, 0.717) is 6.54 Å². The lowest BCUT2D eigenvalue weighted by molar-refractivity contribution is -0.131. The van der Waals surface area contributed by atoms with Gasteiger partial charge in [0.2, 0.25) is 5.91 Å². The van der Waals surface area contributed by atoms with Crippen molar-refractivity contribution in [1.29, 1.82) is 0 Å². The van der Waals surface area contributed by atoms with E-state index in [4.69, 9.17) is 4.74 Å². The second kappa shape index (κ2) is 9.33. The summed E-state index contributed by atoms with van der Waals surface area (Å²) in [5.74, 6) is -0.280. The Morgan fingerprint density at radius 1 is 1.13 bits per heavy atom. The molecule has 5 rings (SSSR count). The molecule has 5 N–H and O–H groups in total. The second-order valence-electron chi connectivity index (χ2n) is 8.25. The van der Waals surface area contributed by atoms with Crippen molar-refractivity contribution in [3.63, 3.8) is 0 Å². The van der Waals surface area contributed by atoms with Crippen molar-refractivity contribution >= 4 is 11.6 Å². The Labute approximate surface area is 181 Å². The summed E-state index contributed by atoms with van der Waals surface area (Å²) >= 11 is 0. The first-order valence-electron chi connectivity index (χ1n) is 11.0. The van der Waals surface area contributed by atoms with Gasteiger partial charge in [0.15, 0.2) is 0 Å². The maximum absolute atomic E-state index is 12.6. The summed E-state index contributed by atoms with van der Waals surface area (Å²) in [7, 11) is 0. The summed E-state index contributed by atoms with van der Waals surface area (Å²) in [5, 5.41) is 15.2. The molecule has 4 heterocycles. The van der Waals surface area contributed by atoms with Gasteiger partial charge in [0.25, 0.3) is 0 Å². The predicted molar refractivity (Wildman–Crippen MR) is 116 cm³/mol. The topological polar surface area (TPSA) is 108 Å². The van der Waals surface area contributed by atoms with Crippen LogP contribution in [0.25, 0.3) is 0 Å². The van der Waals surface area contributed by atoms with Crippen LogP contribution in [0, 0.1) is 5.92 Å². The number of ether oxygens (including phenoxy) is 1. The lowest BCUT2D eigenvalue weighted by atomic mass is 9.89. The maximum Gasteiger partial charge on any atom is 0.242 e. The molecular formula is C21H30N8O2. The minimum Gasteiger partial charge on any atom is -0.379 e. The van der Waals surface area contributed by atoms with Crippen molar-refractivity contribution in [1.82, 2.24) is 36.2 Å². The standard InChI is InChI=1S/C21H30N8O2/c30-21-18-17(13-22-27-21)25-19(15-4-2-1-3-5-15)26-20(18)24-16-12-23-29(14-16)7-6-28-8-10-31-11-9-28/h1-5,12,14,17-20,22,24-26H,6-11,13H2,(H,27,30).